The Bertz CT molecular complexity index is 383. The summed E-state index contributed by atoms with van der Waals surface area (Å²) in [5.41, 5.74) is 7.10. The van der Waals surface area contributed by atoms with Crippen LogP contribution in [0, 0.1) is 0 Å². The zero-order valence-corrected chi connectivity index (χ0v) is 9.90. The van der Waals surface area contributed by atoms with Gasteiger partial charge < -0.3 is 4.90 Å². The molecule has 1 aliphatic heterocycles. The van der Waals surface area contributed by atoms with Crippen LogP contribution in [-0.2, 0) is 0 Å². The van der Waals surface area contributed by atoms with Crippen molar-refractivity contribution in [2.45, 2.75) is 13.1 Å². The number of nitrogens with one attached hydrogen (secondary N) is 2. The maximum absolute atomic E-state index is 6.14. The summed E-state index contributed by atoms with van der Waals surface area (Å²) < 4.78 is 0. The number of hydrogen-bond donors (Lipinski definition) is 2. The fourth-order valence-corrected chi connectivity index (χ4v) is 2.20. The number of nitrogens with zero attached hydrogens (tertiary/aromatic N) is 1. The molecule has 15 heavy (non-hydrogen) atoms. The number of rotatable bonds is 2. The molecule has 1 fully saturated rings. The summed E-state index contributed by atoms with van der Waals surface area (Å²) in [6, 6.07) is 7.77. The predicted molar refractivity (Wildman–Crippen MR) is 65.4 cm³/mol. The molecule has 0 aromatic heterocycles. The summed E-state index contributed by atoms with van der Waals surface area (Å²) >= 11 is 11.3. The van der Waals surface area contributed by atoms with Crippen molar-refractivity contribution in [3.8, 4) is 0 Å². The van der Waals surface area contributed by atoms with Gasteiger partial charge >= 0.3 is 0 Å². The highest BCUT2D eigenvalue weighted by atomic mass is 35.5. The fraction of sp³-hybridized carbons (Fsp3) is 0.300. The highest BCUT2D eigenvalue weighted by Crippen LogP contribution is 2.27. The minimum Gasteiger partial charge on any atom is -0.327 e. The topological polar surface area (TPSA) is 27.3 Å². The summed E-state index contributed by atoms with van der Waals surface area (Å²) in [6.07, 6.45) is 0.0243. The number of thiocarbonyl (C=S) groups is 1. The minimum atomic E-state index is 0.0243. The van der Waals surface area contributed by atoms with Crippen LogP contribution in [0.5, 0.6) is 0 Å². The van der Waals surface area contributed by atoms with Crippen LogP contribution in [0.4, 0.5) is 0 Å². The molecule has 2 N–H and O–H groups in total. The van der Waals surface area contributed by atoms with E-state index in [0.717, 1.165) is 17.1 Å². The van der Waals surface area contributed by atoms with E-state index in [1.54, 1.807) is 0 Å². The smallest absolute Gasteiger partial charge is 0.185 e. The van der Waals surface area contributed by atoms with E-state index in [9.17, 15) is 0 Å². The van der Waals surface area contributed by atoms with Crippen LogP contribution < -0.4 is 10.9 Å². The SMILES string of the molecule is CCN1C(=S)NNC1c1ccccc1Cl. The lowest BCUT2D eigenvalue weighted by molar-refractivity contribution is 0.329. The second kappa shape index (κ2) is 4.35. The van der Waals surface area contributed by atoms with E-state index in [1.807, 2.05) is 24.3 Å². The van der Waals surface area contributed by atoms with E-state index in [-0.39, 0.29) is 6.17 Å². The van der Waals surface area contributed by atoms with Gasteiger partial charge in [0.05, 0.1) is 0 Å². The number of halogens is 1. The molecule has 1 atom stereocenters. The summed E-state index contributed by atoms with van der Waals surface area (Å²) in [7, 11) is 0. The molecule has 1 aliphatic rings. The quantitative estimate of drug-likeness (QED) is 0.776. The Kier molecular flexibility index (Phi) is 3.09. The average molecular weight is 242 g/mol. The Balaban J connectivity index is 2.32. The van der Waals surface area contributed by atoms with E-state index in [1.165, 1.54) is 0 Å². The van der Waals surface area contributed by atoms with Gasteiger partial charge in [-0.05, 0) is 25.2 Å². The van der Waals surface area contributed by atoms with Crippen LogP contribution in [0.1, 0.15) is 18.7 Å². The van der Waals surface area contributed by atoms with E-state index in [0.29, 0.717) is 5.11 Å². The van der Waals surface area contributed by atoms with Crippen molar-refractivity contribution in [3.05, 3.63) is 34.9 Å². The molecule has 1 unspecified atom stereocenters. The molecule has 2 rings (SSSR count). The largest absolute Gasteiger partial charge is 0.327 e. The zero-order chi connectivity index (χ0) is 10.8. The predicted octanol–water partition coefficient (Wildman–Crippen LogP) is 2.05. The number of hydrogen-bond acceptors (Lipinski definition) is 2. The Hall–Kier alpha value is -0.840. The van der Waals surface area contributed by atoms with Crippen LogP contribution >= 0.6 is 23.8 Å². The number of benzene rings is 1. The van der Waals surface area contributed by atoms with Gasteiger partial charge in [-0.2, -0.15) is 0 Å². The number of hydrazine groups is 1. The summed E-state index contributed by atoms with van der Waals surface area (Å²) in [5, 5.41) is 1.46. The highest BCUT2D eigenvalue weighted by molar-refractivity contribution is 7.80. The third-order valence-corrected chi connectivity index (χ3v) is 3.11. The van der Waals surface area contributed by atoms with Crippen molar-refractivity contribution in [2.24, 2.45) is 0 Å². The molecule has 0 radical (unpaired) electrons. The van der Waals surface area contributed by atoms with Crippen LogP contribution in [-0.4, -0.2) is 16.6 Å². The van der Waals surface area contributed by atoms with Crippen LogP contribution in [0.25, 0.3) is 0 Å². The third kappa shape index (κ3) is 1.93. The Morgan fingerprint density at radius 3 is 2.87 bits per heavy atom. The zero-order valence-electron chi connectivity index (χ0n) is 8.33. The molecule has 1 aromatic rings. The molecule has 3 nitrogen and oxygen atoms in total. The first-order valence-electron chi connectivity index (χ1n) is 4.80. The molecule has 0 aliphatic carbocycles. The van der Waals surface area contributed by atoms with Gasteiger partial charge in [-0.15, -0.1) is 0 Å². The average Bonchev–Trinajstić information content (AvgIpc) is 2.60. The summed E-state index contributed by atoms with van der Waals surface area (Å²) in [5.74, 6) is 0. The molecule has 0 bridgehead atoms. The van der Waals surface area contributed by atoms with Crippen molar-refractivity contribution >= 4 is 28.9 Å². The lowest BCUT2D eigenvalue weighted by atomic mass is 10.1. The van der Waals surface area contributed by atoms with E-state index < -0.39 is 0 Å². The van der Waals surface area contributed by atoms with Gasteiger partial charge in [0, 0.05) is 17.1 Å². The van der Waals surface area contributed by atoms with Gasteiger partial charge in [-0.25, -0.2) is 5.43 Å². The Morgan fingerprint density at radius 2 is 2.20 bits per heavy atom. The highest BCUT2D eigenvalue weighted by Gasteiger charge is 2.28. The van der Waals surface area contributed by atoms with Gasteiger partial charge in [0.25, 0.3) is 0 Å². The maximum Gasteiger partial charge on any atom is 0.185 e. The van der Waals surface area contributed by atoms with Crippen LogP contribution in [0.2, 0.25) is 5.02 Å². The van der Waals surface area contributed by atoms with Crippen molar-refractivity contribution in [1.29, 1.82) is 0 Å². The van der Waals surface area contributed by atoms with Crippen LogP contribution in [0.3, 0.4) is 0 Å². The van der Waals surface area contributed by atoms with Gasteiger partial charge in [0.2, 0.25) is 0 Å². The monoisotopic (exact) mass is 241 g/mol. The maximum atomic E-state index is 6.14. The Labute approximate surface area is 99.4 Å². The molecular formula is C10H12ClN3S. The first-order valence-corrected chi connectivity index (χ1v) is 5.59. The fourth-order valence-electron chi connectivity index (χ4n) is 1.67. The Morgan fingerprint density at radius 1 is 1.47 bits per heavy atom. The lowest BCUT2D eigenvalue weighted by Crippen LogP contribution is -2.29. The van der Waals surface area contributed by atoms with Gasteiger partial charge in [0.15, 0.2) is 5.11 Å². The molecule has 0 amide bonds. The standard InChI is InChI=1S/C10H12ClN3S/c1-2-14-9(12-13-10(14)15)7-5-3-4-6-8(7)11/h3-6,9,12H,2H2,1H3,(H,13,15). The first-order chi connectivity index (χ1) is 7.24. The molecule has 1 aromatic carbocycles. The molecule has 1 saturated heterocycles. The molecular weight excluding hydrogens is 230 g/mol. The third-order valence-electron chi connectivity index (χ3n) is 2.43. The molecule has 80 valence electrons. The molecule has 0 saturated carbocycles. The summed E-state index contributed by atoms with van der Waals surface area (Å²) in [4.78, 5) is 2.05. The molecule has 0 spiro atoms. The van der Waals surface area contributed by atoms with Gasteiger partial charge in [-0.3, -0.25) is 5.43 Å². The summed E-state index contributed by atoms with van der Waals surface area (Å²) in [6.45, 7) is 2.90. The van der Waals surface area contributed by atoms with Crippen LogP contribution in [0.15, 0.2) is 24.3 Å². The van der Waals surface area contributed by atoms with Crippen molar-refractivity contribution < 1.29 is 0 Å². The van der Waals surface area contributed by atoms with E-state index in [2.05, 4.69) is 22.7 Å². The molecule has 5 heteroatoms. The second-order valence-electron chi connectivity index (χ2n) is 3.28. The van der Waals surface area contributed by atoms with Gasteiger partial charge in [0.1, 0.15) is 6.17 Å². The normalized spacial score (nSPS) is 20.5. The first kappa shape index (κ1) is 10.7. The minimum absolute atomic E-state index is 0.0243. The van der Waals surface area contributed by atoms with E-state index in [4.69, 9.17) is 23.8 Å². The van der Waals surface area contributed by atoms with E-state index >= 15 is 0 Å². The van der Waals surface area contributed by atoms with Crippen molar-refractivity contribution in [2.75, 3.05) is 6.54 Å². The lowest BCUT2D eigenvalue weighted by Gasteiger charge is -2.23. The molecule has 1 heterocycles. The van der Waals surface area contributed by atoms with Gasteiger partial charge in [-0.1, -0.05) is 29.8 Å². The van der Waals surface area contributed by atoms with Crippen molar-refractivity contribution in [1.82, 2.24) is 15.8 Å². The van der Waals surface area contributed by atoms with Crippen molar-refractivity contribution in [3.63, 3.8) is 0 Å². The second-order valence-corrected chi connectivity index (χ2v) is 4.08.